The summed E-state index contributed by atoms with van der Waals surface area (Å²) in [6.07, 6.45) is 2.76. The molecular formula is C15H20ClN3O. The van der Waals surface area contributed by atoms with Crippen molar-refractivity contribution in [1.82, 2.24) is 15.1 Å². The molecule has 0 unspecified atom stereocenters. The molecule has 1 aromatic carbocycles. The molecule has 20 heavy (non-hydrogen) atoms. The van der Waals surface area contributed by atoms with E-state index in [1.807, 2.05) is 48.3 Å². The minimum atomic E-state index is 0.172. The van der Waals surface area contributed by atoms with Crippen molar-refractivity contribution in [2.24, 2.45) is 7.05 Å². The third kappa shape index (κ3) is 4.07. The van der Waals surface area contributed by atoms with Crippen LogP contribution in [0.15, 0.2) is 36.5 Å². The number of benzene rings is 1. The van der Waals surface area contributed by atoms with Gasteiger partial charge in [0.1, 0.15) is 0 Å². The number of halogens is 1. The standard InChI is InChI=1S/C15H20ClN3O/c1-19-14(8-10-18-19)7-9-17-15(11-20-2)12-3-5-13(16)6-4-12/h3-6,8,10,15,17H,7,9,11H2,1-2H3/t15-/m0/s1. The van der Waals surface area contributed by atoms with Gasteiger partial charge in [-0.1, -0.05) is 23.7 Å². The number of nitrogens with one attached hydrogen (secondary N) is 1. The molecule has 0 spiro atoms. The Morgan fingerprint density at radius 1 is 1.30 bits per heavy atom. The van der Waals surface area contributed by atoms with Gasteiger partial charge in [-0.05, 0) is 23.8 Å². The van der Waals surface area contributed by atoms with Crippen LogP contribution in [-0.2, 0) is 18.2 Å². The highest BCUT2D eigenvalue weighted by Crippen LogP contribution is 2.17. The molecule has 0 aliphatic rings. The van der Waals surface area contributed by atoms with Gasteiger partial charge in [-0.2, -0.15) is 5.10 Å². The summed E-state index contributed by atoms with van der Waals surface area (Å²) in [5.41, 5.74) is 2.39. The Kier molecular flexibility index (Phi) is 5.59. The van der Waals surface area contributed by atoms with E-state index in [0.29, 0.717) is 6.61 Å². The molecule has 0 saturated heterocycles. The highest BCUT2D eigenvalue weighted by atomic mass is 35.5. The molecule has 0 aliphatic heterocycles. The summed E-state index contributed by atoms with van der Waals surface area (Å²) in [6, 6.07) is 10.1. The van der Waals surface area contributed by atoms with Crippen molar-refractivity contribution in [3.05, 3.63) is 52.8 Å². The second-order valence-corrected chi connectivity index (χ2v) is 5.15. The Bertz CT molecular complexity index is 524. The average molecular weight is 294 g/mol. The van der Waals surface area contributed by atoms with Crippen LogP contribution in [0.4, 0.5) is 0 Å². The molecule has 4 nitrogen and oxygen atoms in total. The Morgan fingerprint density at radius 2 is 2.05 bits per heavy atom. The maximum absolute atomic E-state index is 5.92. The SMILES string of the molecule is COC[C@H](NCCc1ccnn1C)c1ccc(Cl)cc1. The zero-order valence-corrected chi connectivity index (χ0v) is 12.6. The van der Waals surface area contributed by atoms with Gasteiger partial charge in [0.15, 0.2) is 0 Å². The van der Waals surface area contributed by atoms with E-state index < -0.39 is 0 Å². The van der Waals surface area contributed by atoms with Crippen LogP contribution in [-0.4, -0.2) is 30.0 Å². The summed E-state index contributed by atoms with van der Waals surface area (Å²) < 4.78 is 7.19. The first-order chi connectivity index (χ1) is 9.70. The molecule has 0 saturated carbocycles. The van der Waals surface area contributed by atoms with Gasteiger partial charge in [-0.25, -0.2) is 0 Å². The molecule has 5 heteroatoms. The van der Waals surface area contributed by atoms with Gasteiger partial charge in [0.25, 0.3) is 0 Å². The molecule has 0 amide bonds. The van der Waals surface area contributed by atoms with Gasteiger partial charge >= 0.3 is 0 Å². The van der Waals surface area contributed by atoms with Gasteiger partial charge < -0.3 is 10.1 Å². The quantitative estimate of drug-likeness (QED) is 0.853. The van der Waals surface area contributed by atoms with E-state index >= 15 is 0 Å². The molecule has 0 fully saturated rings. The molecule has 1 heterocycles. The van der Waals surface area contributed by atoms with Crippen LogP contribution < -0.4 is 5.32 Å². The van der Waals surface area contributed by atoms with Gasteiger partial charge in [0.2, 0.25) is 0 Å². The zero-order chi connectivity index (χ0) is 14.4. The summed E-state index contributed by atoms with van der Waals surface area (Å²) in [4.78, 5) is 0. The van der Waals surface area contributed by atoms with Gasteiger partial charge in [-0.3, -0.25) is 4.68 Å². The first-order valence-corrected chi connectivity index (χ1v) is 7.03. The first-order valence-electron chi connectivity index (χ1n) is 6.65. The smallest absolute Gasteiger partial charge is 0.0657 e. The largest absolute Gasteiger partial charge is 0.383 e. The number of ether oxygens (including phenoxy) is 1. The van der Waals surface area contributed by atoms with Crippen LogP contribution in [0.5, 0.6) is 0 Å². The van der Waals surface area contributed by atoms with Crippen molar-refractivity contribution in [1.29, 1.82) is 0 Å². The van der Waals surface area contributed by atoms with E-state index in [2.05, 4.69) is 10.4 Å². The molecule has 108 valence electrons. The Hall–Kier alpha value is -1.36. The molecule has 0 aliphatic carbocycles. The number of aryl methyl sites for hydroxylation is 1. The molecule has 2 aromatic rings. The lowest BCUT2D eigenvalue weighted by Gasteiger charge is -2.18. The van der Waals surface area contributed by atoms with Gasteiger partial charge in [0.05, 0.1) is 12.6 Å². The lowest BCUT2D eigenvalue weighted by molar-refractivity contribution is 0.167. The fraction of sp³-hybridized carbons (Fsp3) is 0.400. The maximum Gasteiger partial charge on any atom is 0.0657 e. The summed E-state index contributed by atoms with van der Waals surface area (Å²) >= 11 is 5.92. The van der Waals surface area contributed by atoms with E-state index in [9.17, 15) is 0 Å². The van der Waals surface area contributed by atoms with E-state index in [-0.39, 0.29) is 6.04 Å². The predicted molar refractivity (Wildman–Crippen MR) is 81.0 cm³/mol. The van der Waals surface area contributed by atoms with Crippen LogP contribution in [0.2, 0.25) is 5.02 Å². The van der Waals surface area contributed by atoms with Crippen LogP contribution in [0.25, 0.3) is 0 Å². The summed E-state index contributed by atoms with van der Waals surface area (Å²) in [6.45, 7) is 1.50. The van der Waals surface area contributed by atoms with Crippen molar-refractivity contribution in [2.45, 2.75) is 12.5 Å². The Labute approximate surface area is 124 Å². The van der Waals surface area contributed by atoms with Gasteiger partial charge in [0, 0.05) is 44.0 Å². The van der Waals surface area contributed by atoms with Crippen LogP contribution >= 0.6 is 11.6 Å². The number of nitrogens with zero attached hydrogens (tertiary/aromatic N) is 2. The third-order valence-corrected chi connectivity index (χ3v) is 3.55. The number of hydrogen-bond acceptors (Lipinski definition) is 3. The minimum Gasteiger partial charge on any atom is -0.383 e. The highest BCUT2D eigenvalue weighted by molar-refractivity contribution is 6.30. The van der Waals surface area contributed by atoms with E-state index in [4.69, 9.17) is 16.3 Å². The van der Waals surface area contributed by atoms with Crippen LogP contribution in [0, 0.1) is 0 Å². The fourth-order valence-electron chi connectivity index (χ4n) is 2.16. The second-order valence-electron chi connectivity index (χ2n) is 4.71. The number of rotatable bonds is 7. The lowest BCUT2D eigenvalue weighted by atomic mass is 10.1. The highest BCUT2D eigenvalue weighted by Gasteiger charge is 2.10. The zero-order valence-electron chi connectivity index (χ0n) is 11.8. The van der Waals surface area contributed by atoms with Crippen molar-refractivity contribution in [3.63, 3.8) is 0 Å². The van der Waals surface area contributed by atoms with Crippen LogP contribution in [0.3, 0.4) is 0 Å². The first kappa shape index (κ1) is 15.0. The van der Waals surface area contributed by atoms with Gasteiger partial charge in [-0.15, -0.1) is 0 Å². The van der Waals surface area contributed by atoms with Crippen molar-refractivity contribution >= 4 is 11.6 Å². The summed E-state index contributed by atoms with van der Waals surface area (Å²) in [7, 11) is 3.67. The minimum absolute atomic E-state index is 0.172. The molecule has 1 N–H and O–H groups in total. The van der Waals surface area contributed by atoms with Crippen molar-refractivity contribution in [3.8, 4) is 0 Å². The molecule has 1 atom stereocenters. The Morgan fingerprint density at radius 3 is 2.65 bits per heavy atom. The predicted octanol–water partition coefficient (Wildman–Crippen LogP) is 2.59. The van der Waals surface area contributed by atoms with Crippen LogP contribution in [0.1, 0.15) is 17.3 Å². The molecule has 0 bridgehead atoms. The molecule has 2 rings (SSSR count). The summed E-state index contributed by atoms with van der Waals surface area (Å²) in [5.74, 6) is 0. The van der Waals surface area contributed by atoms with E-state index in [1.54, 1.807) is 7.11 Å². The number of methoxy groups -OCH3 is 1. The topological polar surface area (TPSA) is 39.1 Å². The van der Waals surface area contributed by atoms with E-state index in [0.717, 1.165) is 18.0 Å². The lowest BCUT2D eigenvalue weighted by Crippen LogP contribution is -2.27. The molecule has 1 aromatic heterocycles. The third-order valence-electron chi connectivity index (χ3n) is 3.30. The fourth-order valence-corrected chi connectivity index (χ4v) is 2.28. The number of hydrogen-bond donors (Lipinski definition) is 1. The Balaban J connectivity index is 1.92. The normalized spacial score (nSPS) is 12.6. The second kappa shape index (κ2) is 7.43. The molecular weight excluding hydrogens is 274 g/mol. The summed E-state index contributed by atoms with van der Waals surface area (Å²) in [5, 5.41) is 8.43. The number of aromatic nitrogens is 2. The van der Waals surface area contributed by atoms with E-state index in [1.165, 1.54) is 11.3 Å². The average Bonchev–Trinajstić information content (AvgIpc) is 2.84. The molecule has 0 radical (unpaired) electrons. The van der Waals surface area contributed by atoms with Crippen molar-refractivity contribution < 1.29 is 4.74 Å². The monoisotopic (exact) mass is 293 g/mol. The van der Waals surface area contributed by atoms with Crippen molar-refractivity contribution in [2.75, 3.05) is 20.3 Å². The maximum atomic E-state index is 5.92.